The van der Waals surface area contributed by atoms with Crippen LogP contribution in [-0.4, -0.2) is 35.6 Å². The molecule has 1 amide bonds. The van der Waals surface area contributed by atoms with E-state index in [2.05, 4.69) is 43.4 Å². The molecule has 2 N–H and O–H groups in total. The van der Waals surface area contributed by atoms with Crippen molar-refractivity contribution in [1.82, 2.24) is 15.8 Å². The van der Waals surface area contributed by atoms with Crippen molar-refractivity contribution in [2.45, 2.75) is 71.5 Å². The average molecular weight is 241 g/mol. The van der Waals surface area contributed by atoms with E-state index in [-0.39, 0.29) is 5.91 Å². The quantitative estimate of drug-likeness (QED) is 0.769. The molecule has 2 unspecified atom stereocenters. The molecule has 1 fully saturated rings. The molecule has 100 valence electrons. The van der Waals surface area contributed by atoms with E-state index in [0.717, 1.165) is 6.54 Å². The molecule has 1 saturated heterocycles. The second-order valence-corrected chi connectivity index (χ2v) is 5.43. The Morgan fingerprint density at radius 1 is 1.29 bits per heavy atom. The fourth-order valence-electron chi connectivity index (χ4n) is 2.32. The van der Waals surface area contributed by atoms with Gasteiger partial charge in [-0.15, -0.1) is 0 Å². The number of piperidine rings is 1. The highest BCUT2D eigenvalue weighted by atomic mass is 16.2. The molecule has 17 heavy (non-hydrogen) atoms. The van der Waals surface area contributed by atoms with Crippen molar-refractivity contribution in [2.24, 2.45) is 0 Å². The minimum absolute atomic E-state index is 0.124. The van der Waals surface area contributed by atoms with Gasteiger partial charge in [0.2, 0.25) is 5.91 Å². The Kier molecular flexibility index (Phi) is 5.92. The van der Waals surface area contributed by atoms with E-state index in [1.807, 2.05) is 0 Å². The van der Waals surface area contributed by atoms with E-state index >= 15 is 0 Å². The number of hydrogen-bond donors (Lipinski definition) is 2. The molecule has 0 radical (unpaired) electrons. The second kappa shape index (κ2) is 6.97. The lowest BCUT2D eigenvalue weighted by Crippen LogP contribution is -2.54. The van der Waals surface area contributed by atoms with Crippen molar-refractivity contribution in [3.05, 3.63) is 0 Å². The van der Waals surface area contributed by atoms with Crippen LogP contribution in [-0.2, 0) is 4.79 Å². The number of hydrogen-bond acceptors (Lipinski definition) is 3. The van der Waals surface area contributed by atoms with Crippen LogP contribution in [0.15, 0.2) is 0 Å². The highest BCUT2D eigenvalue weighted by molar-refractivity contribution is 5.75. The van der Waals surface area contributed by atoms with E-state index < -0.39 is 0 Å². The fourth-order valence-corrected chi connectivity index (χ4v) is 2.32. The predicted molar refractivity (Wildman–Crippen MR) is 70.5 cm³/mol. The molecule has 0 saturated carbocycles. The first-order chi connectivity index (χ1) is 8.00. The molecular formula is C13H27N3O. The second-order valence-electron chi connectivity index (χ2n) is 5.43. The average Bonchev–Trinajstić information content (AvgIpc) is 2.23. The third-order valence-corrected chi connectivity index (χ3v) is 3.35. The molecule has 0 spiro atoms. The Bertz CT molecular complexity index is 233. The standard InChI is InChI=1S/C13H27N3O/c1-10(2)14-9-8-13(17)15-16-11(3)6-5-7-12(16)4/h10-12,14H,5-9H2,1-4H3,(H,15,17). The maximum Gasteiger partial charge on any atom is 0.235 e. The molecule has 4 nitrogen and oxygen atoms in total. The van der Waals surface area contributed by atoms with Gasteiger partial charge in [-0.3, -0.25) is 10.2 Å². The van der Waals surface area contributed by atoms with Gasteiger partial charge >= 0.3 is 0 Å². The van der Waals surface area contributed by atoms with Gasteiger partial charge in [0.05, 0.1) is 0 Å². The number of carbonyl (C=O) groups excluding carboxylic acids is 1. The highest BCUT2D eigenvalue weighted by Gasteiger charge is 2.25. The number of nitrogens with one attached hydrogen (secondary N) is 2. The number of rotatable bonds is 5. The van der Waals surface area contributed by atoms with E-state index in [0.29, 0.717) is 24.5 Å². The Hall–Kier alpha value is -0.610. The largest absolute Gasteiger partial charge is 0.314 e. The van der Waals surface area contributed by atoms with Crippen LogP contribution in [0.25, 0.3) is 0 Å². The van der Waals surface area contributed by atoms with Crippen LogP contribution in [0.1, 0.15) is 53.4 Å². The van der Waals surface area contributed by atoms with Crippen LogP contribution in [0.5, 0.6) is 0 Å². The molecule has 1 aliphatic rings. The molecule has 0 aromatic rings. The molecule has 2 atom stereocenters. The Labute approximate surface area is 105 Å². The first kappa shape index (κ1) is 14.5. The van der Waals surface area contributed by atoms with Crippen molar-refractivity contribution < 1.29 is 4.79 Å². The Morgan fingerprint density at radius 3 is 2.41 bits per heavy atom. The normalized spacial score (nSPS) is 26.2. The smallest absolute Gasteiger partial charge is 0.235 e. The molecule has 1 rings (SSSR count). The van der Waals surface area contributed by atoms with E-state index in [1.165, 1.54) is 19.3 Å². The summed E-state index contributed by atoms with van der Waals surface area (Å²) in [6.45, 7) is 9.30. The van der Waals surface area contributed by atoms with E-state index in [4.69, 9.17) is 0 Å². The SMILES string of the molecule is CC(C)NCCC(=O)NN1C(C)CCCC1C. The third kappa shape index (κ3) is 5.04. The van der Waals surface area contributed by atoms with Crippen molar-refractivity contribution in [2.75, 3.05) is 6.54 Å². The maximum atomic E-state index is 11.8. The lowest BCUT2D eigenvalue weighted by atomic mass is 10.00. The molecule has 1 heterocycles. The van der Waals surface area contributed by atoms with Crippen LogP contribution >= 0.6 is 0 Å². The molecule has 4 heteroatoms. The van der Waals surface area contributed by atoms with Crippen molar-refractivity contribution in [1.29, 1.82) is 0 Å². The highest BCUT2D eigenvalue weighted by Crippen LogP contribution is 2.20. The lowest BCUT2D eigenvalue weighted by Gasteiger charge is -2.38. The predicted octanol–water partition coefficient (Wildman–Crippen LogP) is 1.67. The van der Waals surface area contributed by atoms with Gasteiger partial charge in [-0.25, -0.2) is 5.01 Å². The summed E-state index contributed by atoms with van der Waals surface area (Å²) in [6, 6.07) is 1.36. The summed E-state index contributed by atoms with van der Waals surface area (Å²) in [5, 5.41) is 5.38. The van der Waals surface area contributed by atoms with E-state index in [1.54, 1.807) is 0 Å². The summed E-state index contributed by atoms with van der Waals surface area (Å²) in [6.07, 6.45) is 4.17. The van der Waals surface area contributed by atoms with Gasteiger partial charge in [-0.05, 0) is 26.7 Å². The fraction of sp³-hybridized carbons (Fsp3) is 0.923. The molecular weight excluding hydrogens is 214 g/mol. The third-order valence-electron chi connectivity index (χ3n) is 3.35. The van der Waals surface area contributed by atoms with Crippen LogP contribution in [0, 0.1) is 0 Å². The van der Waals surface area contributed by atoms with Crippen molar-refractivity contribution in [3.8, 4) is 0 Å². The van der Waals surface area contributed by atoms with Crippen LogP contribution in [0.2, 0.25) is 0 Å². The number of nitrogens with zero attached hydrogens (tertiary/aromatic N) is 1. The summed E-state index contributed by atoms with van der Waals surface area (Å²) < 4.78 is 0. The molecule has 0 bridgehead atoms. The summed E-state index contributed by atoms with van der Waals surface area (Å²) >= 11 is 0. The summed E-state index contributed by atoms with van der Waals surface area (Å²) in [5.74, 6) is 0.124. The van der Waals surface area contributed by atoms with Gasteiger partial charge in [0.25, 0.3) is 0 Å². The molecule has 0 aromatic heterocycles. The monoisotopic (exact) mass is 241 g/mol. The summed E-state index contributed by atoms with van der Waals surface area (Å²) in [5.41, 5.74) is 3.05. The number of amides is 1. The summed E-state index contributed by atoms with van der Waals surface area (Å²) in [7, 11) is 0. The topological polar surface area (TPSA) is 44.4 Å². The lowest BCUT2D eigenvalue weighted by molar-refractivity contribution is -0.129. The van der Waals surface area contributed by atoms with Gasteiger partial charge in [0.1, 0.15) is 0 Å². The zero-order chi connectivity index (χ0) is 12.8. The zero-order valence-electron chi connectivity index (χ0n) is 11.6. The molecule has 0 aliphatic carbocycles. The molecule has 1 aliphatic heterocycles. The van der Waals surface area contributed by atoms with Crippen molar-refractivity contribution >= 4 is 5.91 Å². The van der Waals surface area contributed by atoms with Crippen LogP contribution < -0.4 is 10.7 Å². The number of hydrazine groups is 1. The van der Waals surface area contributed by atoms with Gasteiger partial charge < -0.3 is 5.32 Å². The summed E-state index contributed by atoms with van der Waals surface area (Å²) in [4.78, 5) is 11.8. The van der Waals surface area contributed by atoms with Crippen LogP contribution in [0.4, 0.5) is 0 Å². The van der Waals surface area contributed by atoms with Gasteiger partial charge in [-0.2, -0.15) is 0 Å². The van der Waals surface area contributed by atoms with E-state index in [9.17, 15) is 4.79 Å². The Morgan fingerprint density at radius 2 is 1.88 bits per heavy atom. The van der Waals surface area contributed by atoms with Crippen LogP contribution in [0.3, 0.4) is 0 Å². The molecule has 0 aromatic carbocycles. The first-order valence-corrected chi connectivity index (χ1v) is 6.82. The minimum atomic E-state index is 0.124. The maximum absolute atomic E-state index is 11.8. The zero-order valence-corrected chi connectivity index (χ0v) is 11.6. The Balaban J connectivity index is 2.28. The first-order valence-electron chi connectivity index (χ1n) is 6.82. The number of carbonyl (C=O) groups is 1. The van der Waals surface area contributed by atoms with Gasteiger partial charge in [0.15, 0.2) is 0 Å². The van der Waals surface area contributed by atoms with Gasteiger partial charge in [0, 0.05) is 31.1 Å². The van der Waals surface area contributed by atoms with Gasteiger partial charge in [-0.1, -0.05) is 20.3 Å². The minimum Gasteiger partial charge on any atom is -0.314 e. The van der Waals surface area contributed by atoms with Crippen molar-refractivity contribution in [3.63, 3.8) is 0 Å².